The number of likely N-dealkylation sites (tertiary alicyclic amines) is 1. The molecule has 0 saturated carbocycles. The van der Waals surface area contributed by atoms with E-state index in [1.165, 1.54) is 0 Å². The van der Waals surface area contributed by atoms with Crippen LogP contribution in [-0.4, -0.2) is 58.8 Å². The number of methoxy groups -OCH3 is 1. The van der Waals surface area contributed by atoms with Crippen molar-refractivity contribution >= 4 is 16.9 Å². The topological polar surface area (TPSA) is 75.3 Å². The summed E-state index contributed by atoms with van der Waals surface area (Å²) in [4.78, 5) is 14.6. The molecule has 5 rings (SSSR count). The first kappa shape index (κ1) is 16.5. The lowest BCUT2D eigenvalue weighted by molar-refractivity contribution is -0.0654. The summed E-state index contributed by atoms with van der Waals surface area (Å²) >= 11 is 0. The van der Waals surface area contributed by atoms with Crippen molar-refractivity contribution in [3.8, 4) is 5.75 Å². The van der Waals surface area contributed by atoms with Gasteiger partial charge in [0.2, 0.25) is 0 Å². The number of aromatic nitrogens is 3. The third-order valence-corrected chi connectivity index (χ3v) is 5.58. The average Bonchev–Trinajstić information content (AvgIpc) is 3.03. The highest BCUT2D eigenvalue weighted by molar-refractivity contribution is 5.87. The summed E-state index contributed by atoms with van der Waals surface area (Å²) < 4.78 is 11.5. The van der Waals surface area contributed by atoms with E-state index in [1.54, 1.807) is 13.4 Å². The molecule has 2 aromatic heterocycles. The number of rotatable bonds is 4. The van der Waals surface area contributed by atoms with Gasteiger partial charge in [-0.2, -0.15) is 0 Å². The highest BCUT2D eigenvalue weighted by Gasteiger charge is 2.41. The standard InChI is InChI=1S/C20H23N5O2/c1-12-7-15-19(23-12)21-11-22-20(15)24-18-14-5-3-4-6-17(14)27-10-16(18)25-8-13(9-25)26-2/h3-7,11,13,16,18H,8-10H2,1-2H3,(H2,21,22,23,24)/t16-,18-/m1/s1. The Morgan fingerprint density at radius 3 is 2.96 bits per heavy atom. The monoisotopic (exact) mass is 365 g/mol. The number of anilines is 1. The van der Waals surface area contributed by atoms with E-state index < -0.39 is 0 Å². The van der Waals surface area contributed by atoms with E-state index in [1.807, 2.05) is 19.1 Å². The number of benzene rings is 1. The SMILES string of the molecule is COC1CN([C@@H]2COc3ccccc3[C@H]2Nc2ncnc3[nH]c(C)cc23)C1. The molecule has 0 bridgehead atoms. The molecule has 0 aliphatic carbocycles. The zero-order valence-corrected chi connectivity index (χ0v) is 15.5. The molecule has 140 valence electrons. The van der Waals surface area contributed by atoms with Gasteiger partial charge >= 0.3 is 0 Å². The Hall–Kier alpha value is -2.64. The van der Waals surface area contributed by atoms with Gasteiger partial charge in [-0.25, -0.2) is 9.97 Å². The number of hydrogen-bond acceptors (Lipinski definition) is 6. The van der Waals surface area contributed by atoms with E-state index in [9.17, 15) is 0 Å². The molecule has 2 aliphatic rings. The molecule has 1 aromatic carbocycles. The zero-order valence-electron chi connectivity index (χ0n) is 15.5. The number of nitrogens with zero attached hydrogens (tertiary/aromatic N) is 3. The van der Waals surface area contributed by atoms with Gasteiger partial charge in [-0.1, -0.05) is 18.2 Å². The van der Waals surface area contributed by atoms with Crippen molar-refractivity contribution in [3.05, 3.63) is 47.9 Å². The maximum Gasteiger partial charge on any atom is 0.143 e. The van der Waals surface area contributed by atoms with Crippen molar-refractivity contribution < 1.29 is 9.47 Å². The van der Waals surface area contributed by atoms with Crippen molar-refractivity contribution in [2.75, 3.05) is 32.1 Å². The summed E-state index contributed by atoms with van der Waals surface area (Å²) in [6.45, 7) is 4.52. The highest BCUT2D eigenvalue weighted by Crippen LogP contribution is 2.38. The number of para-hydroxylation sites is 1. The van der Waals surface area contributed by atoms with E-state index in [2.05, 4.69) is 43.4 Å². The largest absolute Gasteiger partial charge is 0.491 e. The molecular formula is C20H23N5O2. The Morgan fingerprint density at radius 1 is 1.26 bits per heavy atom. The number of nitrogens with one attached hydrogen (secondary N) is 2. The van der Waals surface area contributed by atoms with Gasteiger partial charge in [0.25, 0.3) is 0 Å². The van der Waals surface area contributed by atoms with E-state index in [0.717, 1.165) is 46.9 Å². The molecule has 0 radical (unpaired) electrons. The van der Waals surface area contributed by atoms with Crippen LogP contribution in [0.15, 0.2) is 36.7 Å². The lowest BCUT2D eigenvalue weighted by Crippen LogP contribution is -2.60. The third kappa shape index (κ3) is 2.83. The first-order chi connectivity index (χ1) is 13.2. The molecule has 0 unspecified atom stereocenters. The maximum absolute atomic E-state index is 6.06. The second kappa shape index (κ2) is 6.51. The van der Waals surface area contributed by atoms with Crippen molar-refractivity contribution in [2.24, 2.45) is 0 Å². The van der Waals surface area contributed by atoms with Crippen LogP contribution in [0.2, 0.25) is 0 Å². The third-order valence-electron chi connectivity index (χ3n) is 5.58. The van der Waals surface area contributed by atoms with Crippen molar-refractivity contribution in [1.82, 2.24) is 19.9 Å². The molecule has 7 nitrogen and oxygen atoms in total. The van der Waals surface area contributed by atoms with Crippen LogP contribution in [0.25, 0.3) is 11.0 Å². The van der Waals surface area contributed by atoms with Crippen LogP contribution in [-0.2, 0) is 4.74 Å². The van der Waals surface area contributed by atoms with Crippen LogP contribution >= 0.6 is 0 Å². The second-order valence-electron chi connectivity index (χ2n) is 7.29. The van der Waals surface area contributed by atoms with Gasteiger partial charge in [-0.3, -0.25) is 4.90 Å². The molecule has 7 heteroatoms. The number of fused-ring (bicyclic) bond motifs is 2. The van der Waals surface area contributed by atoms with Gasteiger partial charge < -0.3 is 19.8 Å². The van der Waals surface area contributed by atoms with Gasteiger partial charge in [-0.15, -0.1) is 0 Å². The fourth-order valence-electron chi connectivity index (χ4n) is 4.06. The lowest BCUT2D eigenvalue weighted by Gasteiger charge is -2.48. The van der Waals surface area contributed by atoms with Gasteiger partial charge in [-0.05, 0) is 19.1 Å². The summed E-state index contributed by atoms with van der Waals surface area (Å²) in [7, 11) is 1.77. The summed E-state index contributed by atoms with van der Waals surface area (Å²) in [5, 5.41) is 4.70. The molecule has 4 heterocycles. The lowest BCUT2D eigenvalue weighted by atomic mass is 9.92. The van der Waals surface area contributed by atoms with Crippen LogP contribution < -0.4 is 10.1 Å². The molecule has 0 amide bonds. The summed E-state index contributed by atoms with van der Waals surface area (Å²) in [6.07, 6.45) is 1.91. The molecular weight excluding hydrogens is 342 g/mol. The fraction of sp³-hybridized carbons (Fsp3) is 0.400. The van der Waals surface area contributed by atoms with Gasteiger partial charge in [0.1, 0.15) is 30.1 Å². The minimum absolute atomic E-state index is 0.0843. The molecule has 2 atom stereocenters. The summed E-state index contributed by atoms with van der Waals surface area (Å²) in [6, 6.07) is 10.6. The van der Waals surface area contributed by atoms with Gasteiger partial charge in [0, 0.05) is 31.5 Å². The molecule has 1 saturated heterocycles. The molecule has 3 aromatic rings. The highest BCUT2D eigenvalue weighted by atomic mass is 16.5. The Bertz CT molecular complexity index is 966. The summed E-state index contributed by atoms with van der Waals surface area (Å²) in [5.74, 6) is 1.78. The predicted octanol–water partition coefficient (Wildman–Crippen LogP) is 2.51. The smallest absolute Gasteiger partial charge is 0.143 e. The fourth-order valence-corrected chi connectivity index (χ4v) is 4.06. The molecule has 2 aliphatic heterocycles. The number of aryl methyl sites for hydroxylation is 1. The van der Waals surface area contributed by atoms with Crippen LogP contribution in [0.5, 0.6) is 5.75 Å². The first-order valence-corrected chi connectivity index (χ1v) is 9.28. The Labute approximate surface area is 157 Å². The maximum atomic E-state index is 6.06. The minimum atomic E-state index is 0.0843. The number of H-pyrrole nitrogens is 1. The Morgan fingerprint density at radius 2 is 2.11 bits per heavy atom. The van der Waals surface area contributed by atoms with Gasteiger partial charge in [0.15, 0.2) is 0 Å². The number of aromatic amines is 1. The number of hydrogen-bond donors (Lipinski definition) is 2. The van der Waals surface area contributed by atoms with Crippen LogP contribution in [0.3, 0.4) is 0 Å². The van der Waals surface area contributed by atoms with Crippen molar-refractivity contribution in [2.45, 2.75) is 25.1 Å². The van der Waals surface area contributed by atoms with Crippen LogP contribution in [0, 0.1) is 6.92 Å². The molecule has 2 N–H and O–H groups in total. The second-order valence-corrected chi connectivity index (χ2v) is 7.29. The number of ether oxygens (including phenoxy) is 2. The Kier molecular flexibility index (Phi) is 3.98. The molecule has 0 spiro atoms. The Balaban J connectivity index is 1.51. The van der Waals surface area contributed by atoms with E-state index >= 15 is 0 Å². The normalized spacial score (nSPS) is 22.9. The van der Waals surface area contributed by atoms with Crippen LogP contribution in [0.4, 0.5) is 5.82 Å². The first-order valence-electron chi connectivity index (χ1n) is 9.28. The van der Waals surface area contributed by atoms with E-state index in [-0.39, 0.29) is 12.1 Å². The predicted molar refractivity (Wildman–Crippen MR) is 103 cm³/mol. The molecule has 27 heavy (non-hydrogen) atoms. The minimum Gasteiger partial charge on any atom is -0.491 e. The quantitative estimate of drug-likeness (QED) is 0.740. The van der Waals surface area contributed by atoms with E-state index in [0.29, 0.717) is 12.7 Å². The zero-order chi connectivity index (χ0) is 18.4. The average molecular weight is 365 g/mol. The molecule has 1 fully saturated rings. The van der Waals surface area contributed by atoms with E-state index in [4.69, 9.17) is 9.47 Å². The van der Waals surface area contributed by atoms with Gasteiger partial charge in [0.05, 0.1) is 23.6 Å². The summed E-state index contributed by atoms with van der Waals surface area (Å²) in [5.41, 5.74) is 3.09. The van der Waals surface area contributed by atoms with Crippen molar-refractivity contribution in [1.29, 1.82) is 0 Å². The van der Waals surface area contributed by atoms with Crippen molar-refractivity contribution in [3.63, 3.8) is 0 Å². The van der Waals surface area contributed by atoms with Crippen LogP contribution in [0.1, 0.15) is 17.3 Å².